The van der Waals surface area contributed by atoms with Gasteiger partial charge in [0, 0.05) is 6.61 Å². The molecule has 0 amide bonds. The minimum Gasteiger partial charge on any atom is -0.411 e. The van der Waals surface area contributed by atoms with Crippen molar-refractivity contribution in [2.24, 2.45) is 34.2 Å². The van der Waals surface area contributed by atoms with Crippen LogP contribution < -0.4 is 0 Å². The highest BCUT2D eigenvalue weighted by atomic mass is 16.5. The molecule has 1 heterocycles. The van der Waals surface area contributed by atoms with Gasteiger partial charge >= 0.3 is 0 Å². The van der Waals surface area contributed by atoms with Gasteiger partial charge in [0.05, 0.1) is 11.3 Å². The molecular weight excluding hydrogens is 298 g/mol. The number of fused-ring (bicyclic) bond motifs is 6. The molecule has 0 aromatic carbocycles. The van der Waals surface area contributed by atoms with Crippen molar-refractivity contribution in [3.05, 3.63) is 23.8 Å². The molecule has 6 unspecified atom stereocenters. The molecule has 0 aromatic rings. The van der Waals surface area contributed by atoms with Crippen molar-refractivity contribution in [3.63, 3.8) is 0 Å². The number of hydrogen-bond donors (Lipinski definition) is 1. The molecule has 4 aliphatic carbocycles. The molecule has 0 radical (unpaired) electrons. The van der Waals surface area contributed by atoms with E-state index in [-0.39, 0.29) is 5.60 Å². The topological polar surface area (TPSA) is 41.8 Å². The molecule has 3 heteroatoms. The van der Waals surface area contributed by atoms with Crippen molar-refractivity contribution in [2.75, 3.05) is 6.61 Å². The summed E-state index contributed by atoms with van der Waals surface area (Å²) in [5, 5.41) is 12.5. The van der Waals surface area contributed by atoms with Crippen molar-refractivity contribution in [1.82, 2.24) is 0 Å². The zero-order valence-corrected chi connectivity index (χ0v) is 14.7. The summed E-state index contributed by atoms with van der Waals surface area (Å²) in [6.07, 6.45) is 16.9. The molecule has 6 atom stereocenters. The minimum absolute atomic E-state index is 0.190. The van der Waals surface area contributed by atoms with Gasteiger partial charge in [-0.2, -0.15) is 0 Å². The molecule has 1 aliphatic heterocycles. The Morgan fingerprint density at radius 1 is 1.21 bits per heavy atom. The monoisotopic (exact) mass is 327 g/mol. The first kappa shape index (κ1) is 15.2. The second kappa shape index (κ2) is 5.20. The number of allylic oxidation sites excluding steroid dienone is 4. The lowest BCUT2D eigenvalue weighted by atomic mass is 9.52. The molecule has 0 aromatic heterocycles. The Kier molecular flexibility index (Phi) is 3.29. The van der Waals surface area contributed by atoms with E-state index in [1.54, 1.807) is 0 Å². The van der Waals surface area contributed by atoms with Crippen molar-refractivity contribution in [1.29, 1.82) is 0 Å². The Bertz CT molecular complexity index is 628. The Labute approximate surface area is 144 Å². The lowest BCUT2D eigenvalue weighted by molar-refractivity contribution is -0.117. The standard InChI is InChI=1S/C21H29NO2/c1-20-10-7-17-16-6-4-15(22-23)13-14(16)3-5-18(17)19(20)8-11-21(20)9-2-12-24-21/h3,5,13,16-19,23H,2,4,6-12H2,1H3/b22-15+. The molecule has 1 N–H and O–H groups in total. The van der Waals surface area contributed by atoms with Crippen LogP contribution in [-0.2, 0) is 4.74 Å². The quantitative estimate of drug-likeness (QED) is 0.517. The van der Waals surface area contributed by atoms with Crippen molar-refractivity contribution in [3.8, 4) is 0 Å². The van der Waals surface area contributed by atoms with E-state index in [0.717, 1.165) is 42.9 Å². The normalized spacial score (nSPS) is 51.4. The SMILES string of the molecule is CC12CCC3C4CC/C(=N\O)C=C4C=CC3C1CCC21CCCO1. The van der Waals surface area contributed by atoms with Crippen LogP contribution in [0, 0.1) is 29.1 Å². The predicted molar refractivity (Wildman–Crippen MR) is 94.1 cm³/mol. The fourth-order valence-electron chi connectivity index (χ4n) is 7.19. The highest BCUT2D eigenvalue weighted by molar-refractivity contribution is 5.96. The second-order valence-electron chi connectivity index (χ2n) is 9.03. The zero-order valence-electron chi connectivity index (χ0n) is 14.7. The molecule has 1 spiro atoms. The first-order valence-electron chi connectivity index (χ1n) is 9.92. The highest BCUT2D eigenvalue weighted by Gasteiger charge is 2.63. The molecule has 3 fully saturated rings. The molecule has 3 nitrogen and oxygen atoms in total. The van der Waals surface area contributed by atoms with E-state index in [2.05, 4.69) is 30.3 Å². The van der Waals surface area contributed by atoms with E-state index in [4.69, 9.17) is 9.94 Å². The van der Waals surface area contributed by atoms with Gasteiger partial charge in [-0.05, 0) is 92.1 Å². The van der Waals surface area contributed by atoms with Gasteiger partial charge < -0.3 is 9.94 Å². The van der Waals surface area contributed by atoms with Gasteiger partial charge in [0.2, 0.25) is 0 Å². The zero-order chi connectivity index (χ0) is 16.4. The van der Waals surface area contributed by atoms with Gasteiger partial charge in [0.25, 0.3) is 0 Å². The van der Waals surface area contributed by atoms with Crippen LogP contribution in [0.3, 0.4) is 0 Å². The van der Waals surface area contributed by atoms with E-state index < -0.39 is 0 Å². The summed E-state index contributed by atoms with van der Waals surface area (Å²) in [5.74, 6) is 2.98. The van der Waals surface area contributed by atoms with Crippen molar-refractivity contribution < 1.29 is 9.94 Å². The maximum absolute atomic E-state index is 9.09. The van der Waals surface area contributed by atoms with Gasteiger partial charge in [0.1, 0.15) is 0 Å². The number of hydrogen-bond acceptors (Lipinski definition) is 3. The second-order valence-corrected chi connectivity index (χ2v) is 9.03. The van der Waals surface area contributed by atoms with E-state index in [1.165, 1.54) is 44.1 Å². The summed E-state index contributed by atoms with van der Waals surface area (Å²) in [5.41, 5.74) is 2.83. The Hall–Kier alpha value is -1.09. The number of oxime groups is 1. The predicted octanol–water partition coefficient (Wildman–Crippen LogP) is 4.71. The van der Waals surface area contributed by atoms with Gasteiger partial charge in [0.15, 0.2) is 0 Å². The van der Waals surface area contributed by atoms with E-state index in [1.807, 2.05) is 0 Å². The van der Waals surface area contributed by atoms with E-state index in [0.29, 0.717) is 11.3 Å². The largest absolute Gasteiger partial charge is 0.411 e. The van der Waals surface area contributed by atoms with Gasteiger partial charge in [-0.1, -0.05) is 24.2 Å². The molecule has 5 rings (SSSR count). The molecule has 2 saturated carbocycles. The van der Waals surface area contributed by atoms with Crippen LogP contribution in [0.1, 0.15) is 58.3 Å². The molecule has 0 bridgehead atoms. The summed E-state index contributed by atoms with van der Waals surface area (Å²) in [6, 6.07) is 0. The molecule has 24 heavy (non-hydrogen) atoms. The van der Waals surface area contributed by atoms with Gasteiger partial charge in [-0.15, -0.1) is 0 Å². The molecule has 1 saturated heterocycles. The minimum atomic E-state index is 0.190. The molecule has 5 aliphatic rings. The number of rotatable bonds is 0. The lowest BCUT2D eigenvalue weighted by Gasteiger charge is -2.54. The summed E-state index contributed by atoms with van der Waals surface area (Å²) >= 11 is 0. The Morgan fingerprint density at radius 3 is 2.92 bits per heavy atom. The molecule has 130 valence electrons. The Morgan fingerprint density at radius 2 is 2.12 bits per heavy atom. The fourth-order valence-corrected chi connectivity index (χ4v) is 7.19. The third-order valence-electron chi connectivity index (χ3n) is 8.41. The summed E-state index contributed by atoms with van der Waals surface area (Å²) in [4.78, 5) is 0. The first-order valence-corrected chi connectivity index (χ1v) is 9.92. The smallest absolute Gasteiger partial charge is 0.0798 e. The number of ether oxygens (including phenoxy) is 1. The summed E-state index contributed by atoms with van der Waals surface area (Å²) in [6.45, 7) is 3.52. The van der Waals surface area contributed by atoms with E-state index in [9.17, 15) is 0 Å². The highest BCUT2D eigenvalue weighted by Crippen LogP contribution is 2.66. The van der Waals surface area contributed by atoms with Crippen LogP contribution in [0.2, 0.25) is 0 Å². The Balaban J connectivity index is 1.49. The van der Waals surface area contributed by atoms with Crippen LogP contribution in [-0.4, -0.2) is 23.1 Å². The van der Waals surface area contributed by atoms with Crippen molar-refractivity contribution >= 4 is 5.71 Å². The molecular formula is C21H29NO2. The van der Waals surface area contributed by atoms with Gasteiger partial charge in [-0.3, -0.25) is 0 Å². The number of nitrogens with zero attached hydrogens (tertiary/aromatic N) is 1. The third kappa shape index (κ3) is 1.85. The summed E-state index contributed by atoms with van der Waals surface area (Å²) < 4.78 is 6.41. The van der Waals surface area contributed by atoms with E-state index >= 15 is 0 Å². The van der Waals surface area contributed by atoms with Crippen LogP contribution in [0.25, 0.3) is 0 Å². The third-order valence-corrected chi connectivity index (χ3v) is 8.41. The van der Waals surface area contributed by atoms with Gasteiger partial charge in [-0.25, -0.2) is 0 Å². The fraction of sp³-hybridized carbons (Fsp3) is 0.762. The van der Waals surface area contributed by atoms with Crippen LogP contribution in [0.15, 0.2) is 29.0 Å². The summed E-state index contributed by atoms with van der Waals surface area (Å²) in [7, 11) is 0. The maximum Gasteiger partial charge on any atom is 0.0798 e. The average molecular weight is 327 g/mol. The van der Waals surface area contributed by atoms with Crippen LogP contribution >= 0.6 is 0 Å². The van der Waals surface area contributed by atoms with Crippen LogP contribution in [0.5, 0.6) is 0 Å². The first-order chi connectivity index (χ1) is 11.7. The average Bonchev–Trinajstić information content (AvgIpc) is 3.21. The lowest BCUT2D eigenvalue weighted by Crippen LogP contribution is -2.51. The van der Waals surface area contributed by atoms with Crippen molar-refractivity contribution in [2.45, 2.75) is 63.9 Å². The maximum atomic E-state index is 9.09. The van der Waals surface area contributed by atoms with Crippen LogP contribution in [0.4, 0.5) is 0 Å².